The number of hydrogen-bond acceptors (Lipinski definition) is 3. The van der Waals surface area contributed by atoms with E-state index < -0.39 is 70.1 Å². The van der Waals surface area contributed by atoms with Gasteiger partial charge in [-0.05, 0) is 54.2 Å². The first-order chi connectivity index (χ1) is 17.6. The standard InChI is InChI=1S/C19H17F5O.C7H2F3NO/c1-10-2-3-18(25-9-10)11-4-16(23)19(17(24)5-11)12-6-14(21)13(8-20)15(22)7-12;8-6-1-4(12-10)2-7(9)5(6)3-11/h4-7,10,18H,2-3,8-9H2,1H3;1-2H. The Labute approximate surface area is 206 Å². The molecule has 1 aliphatic rings. The minimum absolute atomic E-state index is 0.313. The highest BCUT2D eigenvalue weighted by atomic mass is 19.3. The number of benzene rings is 3. The van der Waals surface area contributed by atoms with Gasteiger partial charge in [0.15, 0.2) is 5.75 Å². The third-order valence-electron chi connectivity index (χ3n) is 5.72. The van der Waals surface area contributed by atoms with Crippen LogP contribution < -0.4 is 4.94 Å². The first-order valence-electron chi connectivity index (χ1n) is 10.9. The average molecular weight is 529 g/mol. The van der Waals surface area contributed by atoms with Crippen molar-refractivity contribution >= 4 is 0 Å². The van der Waals surface area contributed by atoms with Gasteiger partial charge in [-0.15, -0.1) is 0 Å². The van der Waals surface area contributed by atoms with E-state index in [0.717, 1.165) is 30.7 Å². The van der Waals surface area contributed by atoms with Crippen LogP contribution in [0, 0.1) is 52.2 Å². The number of hydrogen-bond donors (Lipinski definition) is 0. The molecular formula is C26H19F8NO2. The summed E-state index contributed by atoms with van der Waals surface area (Å²) in [5.74, 6) is -6.74. The number of ether oxygens (including phenoxy) is 1. The summed E-state index contributed by atoms with van der Waals surface area (Å²) in [5, 5.41) is 8.20. The Morgan fingerprint density at radius 2 is 1.43 bits per heavy atom. The zero-order chi connectivity index (χ0) is 27.3. The van der Waals surface area contributed by atoms with Crippen LogP contribution in [-0.4, -0.2) is 6.61 Å². The second kappa shape index (κ2) is 12.1. The Morgan fingerprint density at radius 1 is 0.865 bits per heavy atom. The number of nitrogens with zero attached hydrogens (tertiary/aromatic N) is 1. The summed E-state index contributed by atoms with van der Waals surface area (Å²) in [5.41, 5.74) is -2.02. The predicted molar refractivity (Wildman–Crippen MR) is 116 cm³/mol. The second-order valence-corrected chi connectivity index (χ2v) is 8.37. The molecule has 3 aromatic carbocycles. The Balaban J connectivity index is 0.000000266. The summed E-state index contributed by atoms with van der Waals surface area (Å²) >= 11 is 0. The van der Waals surface area contributed by atoms with Crippen molar-refractivity contribution in [1.82, 2.24) is 0 Å². The molecule has 0 bridgehead atoms. The Hall–Kier alpha value is -3.65. The van der Waals surface area contributed by atoms with E-state index in [-0.39, 0.29) is 5.56 Å². The summed E-state index contributed by atoms with van der Waals surface area (Å²) in [6, 6.07) is 6.17. The maximum Gasteiger partial charge on any atom is 0.177 e. The molecule has 0 aliphatic carbocycles. The van der Waals surface area contributed by atoms with E-state index in [1.54, 1.807) is 0 Å². The molecule has 3 nitrogen and oxygen atoms in total. The van der Waals surface area contributed by atoms with Gasteiger partial charge in [0.2, 0.25) is 0 Å². The van der Waals surface area contributed by atoms with Gasteiger partial charge >= 0.3 is 0 Å². The zero-order valence-corrected chi connectivity index (χ0v) is 19.2. The molecule has 11 heteroatoms. The first kappa shape index (κ1) is 27.9. The molecule has 2 unspecified atom stereocenters. The summed E-state index contributed by atoms with van der Waals surface area (Å²) in [4.78, 5) is 3.09. The minimum Gasteiger partial charge on any atom is -0.373 e. The van der Waals surface area contributed by atoms with Crippen molar-refractivity contribution in [3.63, 3.8) is 0 Å². The third kappa shape index (κ3) is 6.38. The van der Waals surface area contributed by atoms with E-state index in [4.69, 9.17) is 10.00 Å². The van der Waals surface area contributed by atoms with Crippen molar-refractivity contribution in [3.8, 4) is 22.9 Å². The summed E-state index contributed by atoms with van der Waals surface area (Å²) in [7, 11) is 0. The number of rotatable bonds is 4. The Kier molecular flexibility index (Phi) is 9.10. The summed E-state index contributed by atoms with van der Waals surface area (Å²) in [6.45, 7) is 1.21. The van der Waals surface area contributed by atoms with Crippen molar-refractivity contribution in [2.75, 3.05) is 6.61 Å². The van der Waals surface area contributed by atoms with Gasteiger partial charge in [-0.25, -0.2) is 30.7 Å². The molecule has 1 fully saturated rings. The molecule has 37 heavy (non-hydrogen) atoms. The van der Waals surface area contributed by atoms with Gasteiger partial charge in [-0.3, -0.25) is 4.94 Å². The Morgan fingerprint density at radius 3 is 1.86 bits per heavy atom. The number of nitriles is 1. The van der Waals surface area contributed by atoms with Crippen molar-refractivity contribution in [3.05, 3.63) is 88.0 Å². The van der Waals surface area contributed by atoms with Crippen LogP contribution in [0.2, 0.25) is 0 Å². The third-order valence-corrected chi connectivity index (χ3v) is 5.72. The molecule has 0 amide bonds. The molecule has 1 aliphatic heterocycles. The molecule has 0 N–H and O–H groups in total. The molecule has 2 atom stereocenters. The maximum atomic E-state index is 14.5. The van der Waals surface area contributed by atoms with Crippen molar-refractivity contribution < 1.29 is 44.9 Å². The lowest BCUT2D eigenvalue weighted by Crippen LogP contribution is -2.18. The minimum atomic E-state index is -1.33. The van der Waals surface area contributed by atoms with Gasteiger partial charge in [0, 0.05) is 23.3 Å². The normalized spacial score (nSPS) is 17.0. The molecule has 1 saturated heterocycles. The quantitative estimate of drug-likeness (QED) is 0.322. The summed E-state index contributed by atoms with van der Waals surface area (Å²) < 4.78 is 111. The highest BCUT2D eigenvalue weighted by Gasteiger charge is 2.24. The van der Waals surface area contributed by atoms with Gasteiger partial charge in [-0.1, -0.05) is 6.92 Å². The first-order valence-corrected chi connectivity index (χ1v) is 10.9. The van der Waals surface area contributed by atoms with Crippen LogP contribution in [0.25, 0.3) is 11.1 Å². The molecule has 1 heterocycles. The van der Waals surface area contributed by atoms with Crippen molar-refractivity contribution in [2.24, 2.45) is 5.92 Å². The van der Waals surface area contributed by atoms with Crippen LogP contribution in [0.3, 0.4) is 0 Å². The highest BCUT2D eigenvalue weighted by molar-refractivity contribution is 5.66. The molecule has 4 rings (SSSR count). The van der Waals surface area contributed by atoms with Gasteiger partial charge in [0.25, 0.3) is 0 Å². The van der Waals surface area contributed by atoms with Gasteiger partial charge in [0.05, 0.1) is 17.2 Å². The SMILES string of the molecule is CC1CCC(c2cc(F)c(-c3cc(F)c(CF)c(F)c3)c(F)c2)OC1.N#Cc1c(F)cc(OF)cc1F. The van der Waals surface area contributed by atoms with E-state index >= 15 is 0 Å². The Bertz CT molecular complexity index is 1250. The van der Waals surface area contributed by atoms with Crippen LogP contribution >= 0.6 is 0 Å². The van der Waals surface area contributed by atoms with Crippen molar-refractivity contribution in [1.29, 1.82) is 5.26 Å². The van der Waals surface area contributed by atoms with E-state index in [0.29, 0.717) is 36.6 Å². The van der Waals surface area contributed by atoms with E-state index in [1.807, 2.05) is 6.92 Å². The lowest BCUT2D eigenvalue weighted by molar-refractivity contribution is -0.0126. The fraction of sp³-hybridized carbons (Fsp3) is 0.269. The largest absolute Gasteiger partial charge is 0.373 e. The molecule has 0 radical (unpaired) electrons. The molecule has 0 aromatic heterocycles. The molecular weight excluding hydrogens is 510 g/mol. The van der Waals surface area contributed by atoms with E-state index in [9.17, 15) is 35.3 Å². The smallest absolute Gasteiger partial charge is 0.177 e. The lowest BCUT2D eigenvalue weighted by Gasteiger charge is -2.27. The summed E-state index contributed by atoms with van der Waals surface area (Å²) in [6.07, 6.45) is 1.13. The van der Waals surface area contributed by atoms with Gasteiger partial charge in [-0.2, -0.15) is 5.26 Å². The number of alkyl halides is 1. The molecule has 0 spiro atoms. The second-order valence-electron chi connectivity index (χ2n) is 8.37. The van der Waals surface area contributed by atoms with Gasteiger partial charge < -0.3 is 4.74 Å². The van der Waals surface area contributed by atoms with Crippen LogP contribution in [0.1, 0.15) is 42.6 Å². The maximum absolute atomic E-state index is 14.5. The average Bonchev–Trinajstić information content (AvgIpc) is 2.84. The topological polar surface area (TPSA) is 42.2 Å². The van der Waals surface area contributed by atoms with Crippen LogP contribution in [0.15, 0.2) is 36.4 Å². The molecule has 196 valence electrons. The van der Waals surface area contributed by atoms with Crippen LogP contribution in [-0.2, 0) is 11.4 Å². The monoisotopic (exact) mass is 529 g/mol. The predicted octanol–water partition coefficient (Wildman–Crippen LogP) is 7.97. The fourth-order valence-electron chi connectivity index (χ4n) is 3.78. The van der Waals surface area contributed by atoms with Crippen molar-refractivity contribution in [2.45, 2.75) is 32.5 Å². The highest BCUT2D eigenvalue weighted by Crippen LogP contribution is 2.35. The van der Waals surface area contributed by atoms with E-state index in [2.05, 4.69) is 4.94 Å². The molecule has 0 saturated carbocycles. The van der Waals surface area contributed by atoms with Crippen LogP contribution in [0.4, 0.5) is 35.3 Å². The van der Waals surface area contributed by atoms with Crippen LogP contribution in [0.5, 0.6) is 5.75 Å². The fourth-order valence-corrected chi connectivity index (χ4v) is 3.78. The van der Waals surface area contributed by atoms with E-state index in [1.165, 1.54) is 6.07 Å². The lowest BCUT2D eigenvalue weighted by atomic mass is 9.93. The number of halogens is 8. The zero-order valence-electron chi connectivity index (χ0n) is 19.2. The van der Waals surface area contributed by atoms with Gasteiger partial charge in [0.1, 0.15) is 53.2 Å². The molecule has 3 aromatic rings.